The van der Waals surface area contributed by atoms with Crippen molar-refractivity contribution >= 4 is 23.1 Å². The largest absolute Gasteiger partial charge is 0.458 e. The zero-order valence-electron chi connectivity index (χ0n) is 14.2. The first-order valence-corrected chi connectivity index (χ1v) is 9.58. The Morgan fingerprint density at radius 3 is 3.04 bits per heavy atom. The number of rotatable bonds is 4. The number of aromatic nitrogens is 1. The molecule has 0 amide bonds. The summed E-state index contributed by atoms with van der Waals surface area (Å²) in [5.41, 5.74) is 2.65. The van der Waals surface area contributed by atoms with Crippen molar-refractivity contribution in [1.29, 1.82) is 0 Å². The van der Waals surface area contributed by atoms with E-state index in [1.54, 1.807) is 11.3 Å². The minimum atomic E-state index is -0.400. The van der Waals surface area contributed by atoms with Gasteiger partial charge in [-0.05, 0) is 43.2 Å². The standard InChI is InChI=1S/C19H21NO4S/c1-11-17-14(8-12(9-15(17)21)16-5-3-7-25-16)20-18(11)19(22)24-10-13-4-2-6-23-13/h3,5,7,12-13,20H,2,4,6,8-10H2,1H3/t12-,13+/m0/s1. The van der Waals surface area contributed by atoms with Gasteiger partial charge < -0.3 is 14.5 Å². The van der Waals surface area contributed by atoms with Crippen LogP contribution in [0, 0.1) is 6.92 Å². The van der Waals surface area contributed by atoms with Crippen molar-refractivity contribution in [3.63, 3.8) is 0 Å². The predicted molar refractivity (Wildman–Crippen MR) is 94.5 cm³/mol. The lowest BCUT2D eigenvalue weighted by molar-refractivity contribution is 0.0156. The Labute approximate surface area is 150 Å². The highest BCUT2D eigenvalue weighted by Gasteiger charge is 2.32. The summed E-state index contributed by atoms with van der Waals surface area (Å²) in [4.78, 5) is 29.5. The summed E-state index contributed by atoms with van der Waals surface area (Å²) in [5.74, 6) is -0.108. The number of ether oxygens (including phenoxy) is 2. The number of carbonyl (C=O) groups is 2. The van der Waals surface area contributed by atoms with Gasteiger partial charge in [-0.15, -0.1) is 11.3 Å². The molecule has 1 saturated heterocycles. The van der Waals surface area contributed by atoms with E-state index in [1.165, 1.54) is 4.88 Å². The maximum atomic E-state index is 12.6. The lowest BCUT2D eigenvalue weighted by Crippen LogP contribution is -2.18. The van der Waals surface area contributed by atoms with Crippen LogP contribution >= 0.6 is 11.3 Å². The van der Waals surface area contributed by atoms with Crippen molar-refractivity contribution in [2.75, 3.05) is 13.2 Å². The molecule has 0 unspecified atom stereocenters. The molecule has 2 aliphatic rings. The molecule has 5 nitrogen and oxygen atoms in total. The van der Waals surface area contributed by atoms with E-state index < -0.39 is 5.97 Å². The van der Waals surface area contributed by atoms with E-state index >= 15 is 0 Å². The van der Waals surface area contributed by atoms with E-state index in [2.05, 4.69) is 11.1 Å². The Bertz CT molecular complexity index is 787. The fourth-order valence-electron chi connectivity index (χ4n) is 3.78. The first-order chi connectivity index (χ1) is 12.1. The number of esters is 1. The minimum Gasteiger partial charge on any atom is -0.458 e. The van der Waals surface area contributed by atoms with Crippen LogP contribution in [0.1, 0.15) is 62.2 Å². The molecule has 2 atom stereocenters. The Balaban J connectivity index is 1.52. The highest BCUT2D eigenvalue weighted by Crippen LogP contribution is 2.36. The fraction of sp³-hybridized carbons (Fsp3) is 0.474. The molecule has 4 rings (SSSR count). The van der Waals surface area contributed by atoms with E-state index in [-0.39, 0.29) is 24.4 Å². The van der Waals surface area contributed by atoms with Crippen LogP contribution in [0.15, 0.2) is 17.5 Å². The van der Waals surface area contributed by atoms with E-state index in [0.29, 0.717) is 23.2 Å². The van der Waals surface area contributed by atoms with Gasteiger partial charge in [-0.2, -0.15) is 0 Å². The van der Waals surface area contributed by atoms with Gasteiger partial charge in [0.15, 0.2) is 5.78 Å². The fourth-order valence-corrected chi connectivity index (χ4v) is 4.61. The molecule has 3 heterocycles. The van der Waals surface area contributed by atoms with Crippen molar-refractivity contribution in [2.24, 2.45) is 0 Å². The van der Waals surface area contributed by atoms with Crippen molar-refractivity contribution < 1.29 is 19.1 Å². The first-order valence-electron chi connectivity index (χ1n) is 8.70. The summed E-state index contributed by atoms with van der Waals surface area (Å²) < 4.78 is 10.9. The third-order valence-electron chi connectivity index (χ3n) is 5.06. The van der Waals surface area contributed by atoms with Crippen LogP contribution < -0.4 is 0 Å². The van der Waals surface area contributed by atoms with Gasteiger partial charge in [0, 0.05) is 35.1 Å². The predicted octanol–water partition coefficient (Wildman–Crippen LogP) is 3.63. The summed E-state index contributed by atoms with van der Waals surface area (Å²) in [6.07, 6.45) is 3.18. The summed E-state index contributed by atoms with van der Waals surface area (Å²) in [6, 6.07) is 4.08. The normalized spacial score (nSPS) is 22.8. The molecular formula is C19H21NO4S. The molecule has 6 heteroatoms. The number of carbonyl (C=O) groups excluding carboxylic acids is 2. The van der Waals surface area contributed by atoms with Crippen LogP contribution in [0.3, 0.4) is 0 Å². The maximum Gasteiger partial charge on any atom is 0.355 e. The molecule has 0 radical (unpaired) electrons. The molecule has 1 N–H and O–H groups in total. The molecule has 0 bridgehead atoms. The molecule has 2 aromatic heterocycles. The van der Waals surface area contributed by atoms with Crippen LogP contribution in [-0.4, -0.2) is 36.1 Å². The lowest BCUT2D eigenvalue weighted by Gasteiger charge is -2.20. The highest BCUT2D eigenvalue weighted by atomic mass is 32.1. The summed E-state index contributed by atoms with van der Waals surface area (Å²) in [5, 5.41) is 2.03. The average molecular weight is 359 g/mol. The van der Waals surface area contributed by atoms with Crippen LogP contribution in [0.2, 0.25) is 0 Å². The van der Waals surface area contributed by atoms with Gasteiger partial charge in [-0.25, -0.2) is 4.79 Å². The molecule has 1 aliphatic heterocycles. The van der Waals surface area contributed by atoms with Crippen LogP contribution in [0.25, 0.3) is 0 Å². The lowest BCUT2D eigenvalue weighted by atomic mass is 9.84. The molecule has 25 heavy (non-hydrogen) atoms. The van der Waals surface area contributed by atoms with Crippen LogP contribution in [0.4, 0.5) is 0 Å². The molecular weight excluding hydrogens is 338 g/mol. The second kappa shape index (κ2) is 6.77. The quantitative estimate of drug-likeness (QED) is 0.847. The molecule has 132 valence electrons. The third kappa shape index (κ3) is 3.16. The number of hydrogen-bond acceptors (Lipinski definition) is 5. The summed E-state index contributed by atoms with van der Waals surface area (Å²) in [6.45, 7) is 2.83. The highest BCUT2D eigenvalue weighted by molar-refractivity contribution is 7.10. The zero-order chi connectivity index (χ0) is 17.4. The van der Waals surface area contributed by atoms with Gasteiger partial charge in [-0.3, -0.25) is 4.79 Å². The van der Waals surface area contributed by atoms with Gasteiger partial charge in [-0.1, -0.05) is 6.07 Å². The van der Waals surface area contributed by atoms with Gasteiger partial charge in [0.05, 0.1) is 6.10 Å². The maximum absolute atomic E-state index is 12.6. The van der Waals surface area contributed by atoms with Gasteiger partial charge in [0.25, 0.3) is 0 Å². The Morgan fingerprint density at radius 2 is 2.32 bits per heavy atom. The monoisotopic (exact) mass is 359 g/mol. The molecule has 1 aliphatic carbocycles. The molecule has 2 aromatic rings. The van der Waals surface area contributed by atoms with Crippen molar-refractivity contribution in [3.05, 3.63) is 44.9 Å². The van der Waals surface area contributed by atoms with Crippen molar-refractivity contribution in [1.82, 2.24) is 4.98 Å². The van der Waals surface area contributed by atoms with E-state index in [9.17, 15) is 9.59 Å². The second-order valence-corrected chi connectivity index (χ2v) is 7.74. The van der Waals surface area contributed by atoms with Crippen molar-refractivity contribution in [2.45, 2.75) is 44.6 Å². The summed E-state index contributed by atoms with van der Waals surface area (Å²) in [7, 11) is 0. The molecule has 0 spiro atoms. The zero-order valence-corrected chi connectivity index (χ0v) is 15.0. The molecule has 0 aromatic carbocycles. The third-order valence-corrected chi connectivity index (χ3v) is 6.10. The number of nitrogens with one attached hydrogen (secondary N) is 1. The SMILES string of the molecule is Cc1c(C(=O)OC[C@H]2CCCO2)[nH]c2c1C(=O)C[C@@H](c1cccs1)C2. The number of hydrogen-bond donors (Lipinski definition) is 1. The molecule has 1 fully saturated rings. The first kappa shape index (κ1) is 16.5. The average Bonchev–Trinajstić information content (AvgIpc) is 3.34. The smallest absolute Gasteiger partial charge is 0.355 e. The Kier molecular flexibility index (Phi) is 4.48. The van der Waals surface area contributed by atoms with Gasteiger partial charge in [0.1, 0.15) is 12.3 Å². The number of fused-ring (bicyclic) bond motifs is 1. The van der Waals surface area contributed by atoms with E-state index in [1.807, 2.05) is 18.4 Å². The number of H-pyrrole nitrogens is 1. The van der Waals surface area contributed by atoms with E-state index in [0.717, 1.165) is 31.6 Å². The van der Waals surface area contributed by atoms with Crippen molar-refractivity contribution in [3.8, 4) is 0 Å². The minimum absolute atomic E-state index is 0.00122. The van der Waals surface area contributed by atoms with Crippen LogP contribution in [-0.2, 0) is 15.9 Å². The van der Waals surface area contributed by atoms with E-state index in [4.69, 9.17) is 9.47 Å². The Morgan fingerprint density at radius 1 is 1.44 bits per heavy atom. The second-order valence-electron chi connectivity index (χ2n) is 6.76. The van der Waals surface area contributed by atoms with Crippen LogP contribution in [0.5, 0.6) is 0 Å². The topological polar surface area (TPSA) is 68.4 Å². The number of Topliss-reactive ketones (excluding diaryl/α,β-unsaturated/α-hetero) is 1. The number of ketones is 1. The van der Waals surface area contributed by atoms with Gasteiger partial charge >= 0.3 is 5.97 Å². The Hall–Kier alpha value is -1.92. The summed E-state index contributed by atoms with van der Waals surface area (Å²) >= 11 is 1.67. The molecule has 0 saturated carbocycles. The van der Waals surface area contributed by atoms with Gasteiger partial charge in [0.2, 0.25) is 0 Å². The number of thiophene rings is 1. The number of aromatic amines is 1.